The van der Waals surface area contributed by atoms with E-state index in [9.17, 15) is 4.79 Å². The summed E-state index contributed by atoms with van der Waals surface area (Å²) in [5.41, 5.74) is 6.77. The van der Waals surface area contributed by atoms with E-state index in [0.717, 1.165) is 10.6 Å². The predicted molar refractivity (Wildman–Crippen MR) is 79.4 cm³/mol. The van der Waals surface area contributed by atoms with Crippen LogP contribution in [0.4, 0.5) is 0 Å². The van der Waals surface area contributed by atoms with Crippen LogP contribution >= 0.6 is 34.5 Å². The molecule has 0 spiro atoms. The van der Waals surface area contributed by atoms with E-state index in [1.54, 1.807) is 23.6 Å². The summed E-state index contributed by atoms with van der Waals surface area (Å²) in [5, 5.41) is 3.59. The number of carbonyl (C=O) groups is 1. The zero-order chi connectivity index (χ0) is 13.8. The first-order valence-corrected chi connectivity index (χ1v) is 7.35. The quantitative estimate of drug-likeness (QED) is 0.861. The Bertz CT molecular complexity index is 598. The predicted octanol–water partition coefficient (Wildman–Crippen LogP) is 3.38. The maximum Gasteiger partial charge on any atom is 0.186 e. The van der Waals surface area contributed by atoms with Crippen LogP contribution in [0.15, 0.2) is 23.6 Å². The maximum absolute atomic E-state index is 12.1. The van der Waals surface area contributed by atoms with Gasteiger partial charge in [0.25, 0.3) is 0 Å². The van der Waals surface area contributed by atoms with Crippen LogP contribution < -0.4 is 5.73 Å². The fourth-order valence-electron chi connectivity index (χ4n) is 1.60. The van der Waals surface area contributed by atoms with E-state index in [1.807, 2.05) is 0 Å². The van der Waals surface area contributed by atoms with Gasteiger partial charge in [0, 0.05) is 18.2 Å². The van der Waals surface area contributed by atoms with E-state index in [-0.39, 0.29) is 12.2 Å². The van der Waals surface area contributed by atoms with Gasteiger partial charge in [-0.25, -0.2) is 4.98 Å². The molecule has 0 saturated heterocycles. The summed E-state index contributed by atoms with van der Waals surface area (Å²) in [7, 11) is 0. The van der Waals surface area contributed by atoms with Gasteiger partial charge in [0.15, 0.2) is 5.78 Å². The van der Waals surface area contributed by atoms with Crippen LogP contribution in [-0.2, 0) is 12.8 Å². The van der Waals surface area contributed by atoms with Crippen LogP contribution in [0, 0.1) is 0 Å². The van der Waals surface area contributed by atoms with Crippen molar-refractivity contribution in [2.75, 3.05) is 6.54 Å². The van der Waals surface area contributed by atoms with Gasteiger partial charge in [0.05, 0.1) is 15.1 Å². The molecule has 1 heterocycles. The van der Waals surface area contributed by atoms with Crippen molar-refractivity contribution < 1.29 is 4.79 Å². The number of halogens is 2. The van der Waals surface area contributed by atoms with Gasteiger partial charge >= 0.3 is 0 Å². The molecule has 1 aromatic heterocycles. The fraction of sp³-hybridized carbons (Fsp3) is 0.231. The van der Waals surface area contributed by atoms with Crippen molar-refractivity contribution in [3.63, 3.8) is 0 Å². The smallest absolute Gasteiger partial charge is 0.186 e. The number of hydrogen-bond acceptors (Lipinski definition) is 4. The topological polar surface area (TPSA) is 56.0 Å². The minimum absolute atomic E-state index is 0.0297. The molecule has 0 aliphatic rings. The molecule has 100 valence electrons. The molecular weight excluding hydrogens is 303 g/mol. The second-order valence-electron chi connectivity index (χ2n) is 4.01. The largest absolute Gasteiger partial charge is 0.330 e. The van der Waals surface area contributed by atoms with Crippen molar-refractivity contribution in [1.82, 2.24) is 4.98 Å². The highest BCUT2D eigenvalue weighted by Crippen LogP contribution is 2.23. The number of thiazole rings is 1. The van der Waals surface area contributed by atoms with Gasteiger partial charge in [-0.1, -0.05) is 29.3 Å². The van der Waals surface area contributed by atoms with Crippen molar-refractivity contribution in [2.45, 2.75) is 12.8 Å². The molecule has 3 nitrogen and oxygen atoms in total. The van der Waals surface area contributed by atoms with Gasteiger partial charge in [-0.15, -0.1) is 11.3 Å². The standard InChI is InChI=1S/C13H12Cl2N2OS/c14-9-2-1-8(5-10(9)15)6-12(18)11-7-19-13(17-11)3-4-16/h1-2,5,7H,3-4,6,16H2. The molecule has 2 rings (SSSR count). The average Bonchev–Trinajstić information content (AvgIpc) is 2.83. The fourth-order valence-corrected chi connectivity index (χ4v) is 2.74. The van der Waals surface area contributed by atoms with E-state index in [2.05, 4.69) is 4.98 Å². The Labute approximate surface area is 125 Å². The third-order valence-corrected chi connectivity index (χ3v) is 4.19. The molecule has 6 heteroatoms. The first kappa shape index (κ1) is 14.5. The lowest BCUT2D eigenvalue weighted by Gasteiger charge is -2.01. The average molecular weight is 315 g/mol. The number of ketones is 1. The van der Waals surface area contributed by atoms with Gasteiger partial charge in [-0.05, 0) is 24.2 Å². The molecule has 19 heavy (non-hydrogen) atoms. The number of rotatable bonds is 5. The number of Topliss-reactive ketones (excluding diaryl/α,β-unsaturated/α-hetero) is 1. The van der Waals surface area contributed by atoms with E-state index >= 15 is 0 Å². The van der Waals surface area contributed by atoms with Crippen LogP contribution in [0.1, 0.15) is 21.1 Å². The Morgan fingerprint density at radius 1 is 1.32 bits per heavy atom. The van der Waals surface area contributed by atoms with Crippen LogP contribution in [0.2, 0.25) is 10.0 Å². The van der Waals surface area contributed by atoms with Crippen LogP contribution in [0.5, 0.6) is 0 Å². The molecule has 0 bridgehead atoms. The molecule has 0 amide bonds. The third-order valence-electron chi connectivity index (χ3n) is 2.54. The lowest BCUT2D eigenvalue weighted by Crippen LogP contribution is -2.06. The van der Waals surface area contributed by atoms with E-state index < -0.39 is 0 Å². The Morgan fingerprint density at radius 3 is 2.79 bits per heavy atom. The monoisotopic (exact) mass is 314 g/mol. The molecule has 0 atom stereocenters. The van der Waals surface area contributed by atoms with E-state index in [0.29, 0.717) is 28.7 Å². The Balaban J connectivity index is 2.09. The Hall–Kier alpha value is -0.940. The third kappa shape index (κ3) is 3.76. The number of nitrogens with zero attached hydrogens (tertiary/aromatic N) is 1. The molecule has 0 unspecified atom stereocenters. The summed E-state index contributed by atoms with van der Waals surface area (Å²) in [4.78, 5) is 16.3. The summed E-state index contributed by atoms with van der Waals surface area (Å²) in [5.74, 6) is -0.0297. The highest BCUT2D eigenvalue weighted by Gasteiger charge is 2.12. The van der Waals surface area contributed by atoms with Gasteiger partial charge < -0.3 is 5.73 Å². The SMILES string of the molecule is NCCc1nc(C(=O)Cc2ccc(Cl)c(Cl)c2)cs1. The summed E-state index contributed by atoms with van der Waals surface area (Å²) in [6.45, 7) is 0.536. The highest BCUT2D eigenvalue weighted by atomic mass is 35.5. The first-order chi connectivity index (χ1) is 9.10. The Morgan fingerprint density at radius 2 is 2.11 bits per heavy atom. The molecule has 0 saturated carbocycles. The summed E-state index contributed by atoms with van der Waals surface area (Å²) < 4.78 is 0. The van der Waals surface area contributed by atoms with Crippen molar-refractivity contribution in [3.8, 4) is 0 Å². The second kappa shape index (κ2) is 6.48. The van der Waals surface area contributed by atoms with Gasteiger partial charge in [0.1, 0.15) is 5.69 Å². The van der Waals surface area contributed by atoms with E-state index in [1.165, 1.54) is 11.3 Å². The molecular formula is C13H12Cl2N2OS. The highest BCUT2D eigenvalue weighted by molar-refractivity contribution is 7.09. The number of carbonyl (C=O) groups excluding carboxylic acids is 1. The van der Waals surface area contributed by atoms with Gasteiger partial charge in [-0.3, -0.25) is 4.79 Å². The maximum atomic E-state index is 12.1. The van der Waals surface area contributed by atoms with Gasteiger partial charge in [0.2, 0.25) is 0 Å². The minimum atomic E-state index is -0.0297. The lowest BCUT2D eigenvalue weighted by atomic mass is 10.1. The molecule has 0 fully saturated rings. The van der Waals surface area contributed by atoms with Crippen LogP contribution in [0.3, 0.4) is 0 Å². The van der Waals surface area contributed by atoms with Crippen molar-refractivity contribution in [1.29, 1.82) is 0 Å². The number of benzene rings is 1. The zero-order valence-corrected chi connectivity index (χ0v) is 12.4. The summed E-state index contributed by atoms with van der Waals surface area (Å²) in [6, 6.07) is 5.18. The molecule has 0 aliphatic heterocycles. The van der Waals surface area contributed by atoms with Crippen LogP contribution in [0.25, 0.3) is 0 Å². The summed E-state index contributed by atoms with van der Waals surface area (Å²) >= 11 is 13.2. The molecule has 1 aromatic carbocycles. The zero-order valence-electron chi connectivity index (χ0n) is 10.0. The lowest BCUT2D eigenvalue weighted by molar-refractivity contribution is 0.0988. The number of hydrogen-bond donors (Lipinski definition) is 1. The molecule has 0 aliphatic carbocycles. The van der Waals surface area contributed by atoms with Crippen molar-refractivity contribution in [2.24, 2.45) is 5.73 Å². The first-order valence-electron chi connectivity index (χ1n) is 5.71. The minimum Gasteiger partial charge on any atom is -0.330 e. The van der Waals surface area contributed by atoms with Crippen molar-refractivity contribution >= 4 is 40.3 Å². The molecule has 0 radical (unpaired) electrons. The Kier molecular flexibility index (Phi) is 4.93. The molecule has 2 aromatic rings. The van der Waals surface area contributed by atoms with Crippen molar-refractivity contribution in [3.05, 3.63) is 49.9 Å². The summed E-state index contributed by atoms with van der Waals surface area (Å²) in [6.07, 6.45) is 0.966. The normalized spacial score (nSPS) is 10.7. The number of aromatic nitrogens is 1. The van der Waals surface area contributed by atoms with E-state index in [4.69, 9.17) is 28.9 Å². The number of nitrogens with two attached hydrogens (primary N) is 1. The van der Waals surface area contributed by atoms with Gasteiger partial charge in [-0.2, -0.15) is 0 Å². The second-order valence-corrected chi connectivity index (χ2v) is 5.77. The van der Waals surface area contributed by atoms with Crippen LogP contribution in [-0.4, -0.2) is 17.3 Å². The molecule has 2 N–H and O–H groups in total.